The number of ether oxygens (including phenoxy) is 2. The van der Waals surface area contributed by atoms with Gasteiger partial charge in [-0.05, 0) is 37.6 Å². The van der Waals surface area contributed by atoms with Crippen molar-refractivity contribution < 1.29 is 14.3 Å². The Balaban J connectivity index is 2.17. The van der Waals surface area contributed by atoms with Crippen molar-refractivity contribution in [3.63, 3.8) is 0 Å². The predicted molar refractivity (Wildman–Crippen MR) is 88.6 cm³/mol. The number of allylic oxidation sites excluding steroid dienone is 1. The summed E-state index contributed by atoms with van der Waals surface area (Å²) in [5.74, 6) is 1.39. The van der Waals surface area contributed by atoms with E-state index >= 15 is 0 Å². The van der Waals surface area contributed by atoms with Crippen molar-refractivity contribution in [1.82, 2.24) is 0 Å². The molecular weight excluding hydrogens is 276 g/mol. The number of carbonyl (C=O) groups excluding carboxylic acids is 1. The summed E-state index contributed by atoms with van der Waals surface area (Å²) in [5, 5.41) is 0. The maximum absolute atomic E-state index is 12.1. The Kier molecular flexibility index (Phi) is 5.78. The molecule has 3 nitrogen and oxygen atoms in total. The largest absolute Gasteiger partial charge is 0.490 e. The van der Waals surface area contributed by atoms with Crippen molar-refractivity contribution in [3.05, 3.63) is 65.7 Å². The molecule has 0 radical (unpaired) electrons. The van der Waals surface area contributed by atoms with E-state index in [0.29, 0.717) is 24.5 Å². The summed E-state index contributed by atoms with van der Waals surface area (Å²) in [6, 6.07) is 14.8. The number of ketones is 1. The van der Waals surface area contributed by atoms with Gasteiger partial charge in [-0.15, -0.1) is 0 Å². The topological polar surface area (TPSA) is 35.5 Å². The highest BCUT2D eigenvalue weighted by Gasteiger charge is 2.05. The van der Waals surface area contributed by atoms with Crippen LogP contribution in [0.15, 0.2) is 54.6 Å². The quantitative estimate of drug-likeness (QED) is 0.562. The standard InChI is InChI=1S/C19H20O3/c1-3-21-18-13-11-15(14-19(18)22-4-2)10-12-17(20)16-8-6-5-7-9-16/h5-14H,3-4H2,1-2H3. The normalized spacial score (nSPS) is 10.6. The number of hydrogen-bond donors (Lipinski definition) is 0. The molecule has 3 heteroatoms. The molecule has 0 unspecified atom stereocenters. The van der Waals surface area contributed by atoms with Gasteiger partial charge in [-0.25, -0.2) is 0 Å². The Labute approximate surface area is 131 Å². The first-order valence-electron chi connectivity index (χ1n) is 7.41. The SMILES string of the molecule is CCOc1ccc(C=CC(=O)c2ccccc2)cc1OCC. The zero-order valence-corrected chi connectivity index (χ0v) is 12.9. The van der Waals surface area contributed by atoms with E-state index in [1.54, 1.807) is 24.3 Å². The third kappa shape index (κ3) is 4.22. The van der Waals surface area contributed by atoms with E-state index in [9.17, 15) is 4.79 Å². The Morgan fingerprint density at radius 2 is 1.64 bits per heavy atom. The van der Waals surface area contributed by atoms with Crippen LogP contribution in [0, 0.1) is 0 Å². The molecule has 0 aliphatic carbocycles. The lowest BCUT2D eigenvalue weighted by atomic mass is 10.1. The number of carbonyl (C=O) groups is 1. The summed E-state index contributed by atoms with van der Waals surface area (Å²) in [7, 11) is 0. The summed E-state index contributed by atoms with van der Waals surface area (Å²) in [6.07, 6.45) is 3.36. The minimum absolute atomic E-state index is 0.0209. The van der Waals surface area contributed by atoms with Gasteiger partial charge < -0.3 is 9.47 Å². The first-order valence-corrected chi connectivity index (χ1v) is 7.41. The van der Waals surface area contributed by atoms with Gasteiger partial charge in [0.05, 0.1) is 13.2 Å². The molecule has 0 amide bonds. The van der Waals surface area contributed by atoms with Crippen LogP contribution in [0.3, 0.4) is 0 Å². The van der Waals surface area contributed by atoms with Crippen molar-refractivity contribution in [3.8, 4) is 11.5 Å². The number of rotatable bonds is 7. The molecule has 0 spiro atoms. The molecule has 0 heterocycles. The van der Waals surface area contributed by atoms with Gasteiger partial charge in [0.25, 0.3) is 0 Å². The lowest BCUT2D eigenvalue weighted by Gasteiger charge is -2.11. The molecule has 0 aliphatic heterocycles. The summed E-state index contributed by atoms with van der Waals surface area (Å²) in [4.78, 5) is 12.1. The minimum atomic E-state index is -0.0209. The van der Waals surface area contributed by atoms with Crippen molar-refractivity contribution in [1.29, 1.82) is 0 Å². The monoisotopic (exact) mass is 296 g/mol. The number of hydrogen-bond acceptors (Lipinski definition) is 3. The zero-order valence-electron chi connectivity index (χ0n) is 12.9. The van der Waals surface area contributed by atoms with Crippen LogP contribution in [0.1, 0.15) is 29.8 Å². The van der Waals surface area contributed by atoms with E-state index in [-0.39, 0.29) is 5.78 Å². The molecule has 0 saturated carbocycles. The van der Waals surface area contributed by atoms with Gasteiger partial charge >= 0.3 is 0 Å². The summed E-state index contributed by atoms with van der Waals surface area (Å²) >= 11 is 0. The van der Waals surface area contributed by atoms with Crippen LogP contribution in [0.25, 0.3) is 6.08 Å². The molecule has 0 bridgehead atoms. The van der Waals surface area contributed by atoms with Gasteiger partial charge in [0.1, 0.15) is 0 Å². The average Bonchev–Trinajstić information content (AvgIpc) is 2.56. The molecule has 114 valence electrons. The minimum Gasteiger partial charge on any atom is -0.490 e. The predicted octanol–water partition coefficient (Wildman–Crippen LogP) is 4.38. The van der Waals surface area contributed by atoms with Crippen LogP contribution < -0.4 is 9.47 Å². The second-order valence-corrected chi connectivity index (χ2v) is 4.64. The molecular formula is C19H20O3. The van der Waals surface area contributed by atoms with Crippen LogP contribution >= 0.6 is 0 Å². The second-order valence-electron chi connectivity index (χ2n) is 4.64. The van der Waals surface area contributed by atoms with Crippen LogP contribution in [-0.2, 0) is 0 Å². The summed E-state index contributed by atoms with van der Waals surface area (Å²) in [6.45, 7) is 5.01. The highest BCUT2D eigenvalue weighted by atomic mass is 16.5. The van der Waals surface area contributed by atoms with Crippen LogP contribution in [0.2, 0.25) is 0 Å². The fourth-order valence-electron chi connectivity index (χ4n) is 2.04. The van der Waals surface area contributed by atoms with Crippen molar-refractivity contribution in [2.45, 2.75) is 13.8 Å². The fraction of sp³-hybridized carbons (Fsp3) is 0.211. The van der Waals surface area contributed by atoms with Gasteiger partial charge in [-0.2, -0.15) is 0 Å². The fourth-order valence-corrected chi connectivity index (χ4v) is 2.04. The van der Waals surface area contributed by atoms with Crippen LogP contribution in [0.5, 0.6) is 11.5 Å². The van der Waals surface area contributed by atoms with E-state index in [1.807, 2.05) is 50.2 Å². The second kappa shape index (κ2) is 8.03. The van der Waals surface area contributed by atoms with E-state index in [4.69, 9.17) is 9.47 Å². The Hall–Kier alpha value is -2.55. The molecule has 0 aromatic heterocycles. The van der Waals surface area contributed by atoms with Crippen molar-refractivity contribution >= 4 is 11.9 Å². The molecule has 2 aromatic rings. The number of benzene rings is 2. The molecule has 0 fully saturated rings. The third-order valence-electron chi connectivity index (χ3n) is 3.05. The molecule has 2 rings (SSSR count). The Morgan fingerprint density at radius 3 is 2.32 bits per heavy atom. The molecule has 0 aliphatic rings. The summed E-state index contributed by atoms with van der Waals surface area (Å²) < 4.78 is 11.1. The highest BCUT2D eigenvalue weighted by Crippen LogP contribution is 2.29. The highest BCUT2D eigenvalue weighted by molar-refractivity contribution is 6.06. The van der Waals surface area contributed by atoms with Gasteiger partial charge in [0, 0.05) is 5.56 Å². The molecule has 0 atom stereocenters. The smallest absolute Gasteiger partial charge is 0.185 e. The maximum atomic E-state index is 12.1. The van der Waals surface area contributed by atoms with E-state index in [1.165, 1.54) is 0 Å². The van der Waals surface area contributed by atoms with Gasteiger partial charge in [0.15, 0.2) is 17.3 Å². The van der Waals surface area contributed by atoms with E-state index in [2.05, 4.69) is 0 Å². The molecule has 0 saturated heterocycles. The van der Waals surface area contributed by atoms with Crippen LogP contribution in [0.4, 0.5) is 0 Å². The molecule has 2 aromatic carbocycles. The average molecular weight is 296 g/mol. The van der Waals surface area contributed by atoms with Gasteiger partial charge in [-0.1, -0.05) is 42.5 Å². The third-order valence-corrected chi connectivity index (χ3v) is 3.05. The maximum Gasteiger partial charge on any atom is 0.185 e. The van der Waals surface area contributed by atoms with Gasteiger partial charge in [-0.3, -0.25) is 4.79 Å². The van der Waals surface area contributed by atoms with E-state index in [0.717, 1.165) is 11.3 Å². The molecule has 22 heavy (non-hydrogen) atoms. The first-order chi connectivity index (χ1) is 10.7. The lowest BCUT2D eigenvalue weighted by Crippen LogP contribution is -1.98. The lowest BCUT2D eigenvalue weighted by molar-refractivity contribution is 0.104. The van der Waals surface area contributed by atoms with E-state index < -0.39 is 0 Å². The zero-order chi connectivity index (χ0) is 15.8. The first kappa shape index (κ1) is 15.8. The van der Waals surface area contributed by atoms with Crippen LogP contribution in [-0.4, -0.2) is 19.0 Å². The summed E-state index contributed by atoms with van der Waals surface area (Å²) in [5.41, 5.74) is 1.57. The molecule has 0 N–H and O–H groups in total. The van der Waals surface area contributed by atoms with Crippen molar-refractivity contribution in [2.24, 2.45) is 0 Å². The Bertz CT molecular complexity index is 645. The van der Waals surface area contributed by atoms with Gasteiger partial charge in [0.2, 0.25) is 0 Å². The van der Waals surface area contributed by atoms with Crippen molar-refractivity contribution in [2.75, 3.05) is 13.2 Å². The Morgan fingerprint density at radius 1 is 0.955 bits per heavy atom.